The van der Waals surface area contributed by atoms with Gasteiger partial charge >= 0.3 is 5.97 Å². The van der Waals surface area contributed by atoms with Crippen molar-refractivity contribution in [2.75, 3.05) is 5.75 Å². The van der Waals surface area contributed by atoms with Crippen LogP contribution in [-0.2, 0) is 11.3 Å². The van der Waals surface area contributed by atoms with E-state index in [4.69, 9.17) is 5.11 Å². The molecule has 0 atom stereocenters. The van der Waals surface area contributed by atoms with Gasteiger partial charge in [-0.15, -0.1) is 0 Å². The largest absolute Gasteiger partial charge is 0.481 e. The van der Waals surface area contributed by atoms with Crippen LogP contribution in [0.25, 0.3) is 11.0 Å². The third-order valence-corrected chi connectivity index (χ3v) is 4.60. The molecule has 0 bridgehead atoms. The Bertz CT molecular complexity index is 679. The van der Waals surface area contributed by atoms with Gasteiger partial charge in [0.25, 0.3) is 0 Å². The van der Waals surface area contributed by atoms with Gasteiger partial charge in [-0.05, 0) is 36.5 Å². The van der Waals surface area contributed by atoms with E-state index in [2.05, 4.69) is 11.9 Å². The summed E-state index contributed by atoms with van der Waals surface area (Å²) in [6.45, 7) is 2.94. The summed E-state index contributed by atoms with van der Waals surface area (Å²) < 4.78 is 15.4. The second kappa shape index (κ2) is 4.77. The molecular weight excluding hydrogens is 279 g/mol. The molecule has 0 saturated heterocycles. The molecular formula is C14H15FN2O2S. The molecule has 1 aliphatic carbocycles. The van der Waals surface area contributed by atoms with Crippen molar-refractivity contribution in [3.8, 4) is 0 Å². The lowest BCUT2D eigenvalue weighted by atomic mass is 10.1. The van der Waals surface area contributed by atoms with E-state index >= 15 is 0 Å². The molecule has 6 heteroatoms. The van der Waals surface area contributed by atoms with Crippen LogP contribution in [0.3, 0.4) is 0 Å². The quantitative estimate of drug-likeness (QED) is 0.861. The summed E-state index contributed by atoms with van der Waals surface area (Å²) in [4.78, 5) is 15.2. The zero-order valence-electron chi connectivity index (χ0n) is 11.1. The van der Waals surface area contributed by atoms with Gasteiger partial charge in [-0.2, -0.15) is 0 Å². The molecule has 1 fully saturated rings. The summed E-state index contributed by atoms with van der Waals surface area (Å²) in [5.41, 5.74) is 1.69. The molecule has 1 aromatic heterocycles. The summed E-state index contributed by atoms with van der Waals surface area (Å²) in [5, 5.41) is 9.47. The Kier molecular flexibility index (Phi) is 3.20. The Hall–Kier alpha value is -1.56. The topological polar surface area (TPSA) is 55.1 Å². The van der Waals surface area contributed by atoms with Crippen LogP contribution < -0.4 is 0 Å². The molecule has 1 heterocycles. The van der Waals surface area contributed by atoms with Crippen molar-refractivity contribution >= 4 is 28.8 Å². The van der Waals surface area contributed by atoms with E-state index in [0.717, 1.165) is 24.9 Å². The first-order valence-electron chi connectivity index (χ1n) is 6.47. The predicted octanol–water partition coefficient (Wildman–Crippen LogP) is 3.15. The van der Waals surface area contributed by atoms with Gasteiger partial charge in [0.2, 0.25) is 0 Å². The minimum Gasteiger partial charge on any atom is -0.481 e. The second-order valence-corrected chi connectivity index (χ2v) is 6.55. The zero-order valence-corrected chi connectivity index (χ0v) is 11.9. The molecule has 1 aromatic carbocycles. The van der Waals surface area contributed by atoms with Crippen LogP contribution in [0.4, 0.5) is 4.39 Å². The molecule has 3 rings (SSSR count). The van der Waals surface area contributed by atoms with Gasteiger partial charge < -0.3 is 9.67 Å². The summed E-state index contributed by atoms with van der Waals surface area (Å²) in [6.07, 6.45) is 2.29. The molecule has 4 nitrogen and oxygen atoms in total. The number of halogens is 1. The van der Waals surface area contributed by atoms with E-state index in [-0.39, 0.29) is 17.0 Å². The molecule has 1 N–H and O–H groups in total. The molecule has 0 spiro atoms. The van der Waals surface area contributed by atoms with Crippen LogP contribution in [0, 0.1) is 11.2 Å². The Morgan fingerprint density at radius 2 is 2.30 bits per heavy atom. The van der Waals surface area contributed by atoms with Gasteiger partial charge in [-0.3, -0.25) is 4.79 Å². The number of carboxylic acid groups (broad SMARTS) is 1. The highest BCUT2D eigenvalue weighted by molar-refractivity contribution is 7.99. The van der Waals surface area contributed by atoms with E-state index in [1.54, 1.807) is 6.07 Å². The van der Waals surface area contributed by atoms with Crippen LogP contribution in [-0.4, -0.2) is 26.4 Å². The van der Waals surface area contributed by atoms with Crippen molar-refractivity contribution < 1.29 is 14.3 Å². The van der Waals surface area contributed by atoms with Crippen LogP contribution in [0.2, 0.25) is 0 Å². The van der Waals surface area contributed by atoms with Crippen molar-refractivity contribution in [2.24, 2.45) is 5.41 Å². The Labute approximate surface area is 120 Å². The van der Waals surface area contributed by atoms with E-state index in [1.165, 1.54) is 23.9 Å². The number of carbonyl (C=O) groups is 1. The Morgan fingerprint density at radius 1 is 1.55 bits per heavy atom. The molecule has 20 heavy (non-hydrogen) atoms. The van der Waals surface area contributed by atoms with Crippen molar-refractivity contribution in [3.63, 3.8) is 0 Å². The fraction of sp³-hybridized carbons (Fsp3) is 0.429. The van der Waals surface area contributed by atoms with Crippen LogP contribution in [0.1, 0.15) is 19.8 Å². The molecule has 1 aliphatic rings. The standard InChI is InChI=1S/C14H15FN2O2S/c1-14(4-5-14)8-17-11-6-9(15)2-3-10(11)16-13(17)20-7-12(18)19/h2-3,6H,4-5,7-8H2,1H3,(H,18,19). The minimum absolute atomic E-state index is 0.0392. The lowest BCUT2D eigenvalue weighted by Gasteiger charge is -2.13. The highest BCUT2D eigenvalue weighted by atomic mass is 32.2. The number of aromatic nitrogens is 2. The molecule has 106 valence electrons. The van der Waals surface area contributed by atoms with Gasteiger partial charge in [0.1, 0.15) is 5.82 Å². The number of hydrogen-bond donors (Lipinski definition) is 1. The number of carboxylic acids is 1. The number of rotatable bonds is 5. The van der Waals surface area contributed by atoms with Gasteiger partial charge in [-0.25, -0.2) is 9.37 Å². The van der Waals surface area contributed by atoms with Crippen molar-refractivity contribution in [3.05, 3.63) is 24.0 Å². The smallest absolute Gasteiger partial charge is 0.313 e. The average Bonchev–Trinajstić information content (AvgIpc) is 3.02. The van der Waals surface area contributed by atoms with Gasteiger partial charge in [0.15, 0.2) is 5.16 Å². The number of thioether (sulfide) groups is 1. The van der Waals surface area contributed by atoms with Gasteiger partial charge in [0.05, 0.1) is 16.8 Å². The SMILES string of the molecule is CC1(Cn2c(SCC(=O)O)nc3ccc(F)cc32)CC1. The van der Waals surface area contributed by atoms with Crippen LogP contribution >= 0.6 is 11.8 Å². The normalized spacial score (nSPS) is 16.5. The third kappa shape index (κ3) is 2.65. The molecule has 2 aromatic rings. The predicted molar refractivity (Wildman–Crippen MR) is 75.4 cm³/mol. The maximum atomic E-state index is 13.4. The van der Waals surface area contributed by atoms with Crippen LogP contribution in [0.15, 0.2) is 23.4 Å². The summed E-state index contributed by atoms with van der Waals surface area (Å²) in [6, 6.07) is 4.49. The van der Waals surface area contributed by atoms with Crippen LogP contribution in [0.5, 0.6) is 0 Å². The fourth-order valence-corrected chi connectivity index (χ4v) is 2.95. The fourth-order valence-electron chi connectivity index (χ4n) is 2.22. The Balaban J connectivity index is 2.02. The summed E-state index contributed by atoms with van der Waals surface area (Å²) in [5.74, 6) is -1.21. The van der Waals surface area contributed by atoms with E-state index in [1.807, 2.05) is 4.57 Å². The minimum atomic E-state index is -0.877. The van der Waals surface area contributed by atoms with Gasteiger partial charge in [0, 0.05) is 6.54 Å². The number of nitrogens with zero attached hydrogens (tertiary/aromatic N) is 2. The zero-order chi connectivity index (χ0) is 14.3. The number of hydrogen-bond acceptors (Lipinski definition) is 3. The monoisotopic (exact) mass is 294 g/mol. The molecule has 0 aliphatic heterocycles. The second-order valence-electron chi connectivity index (χ2n) is 5.61. The van der Waals surface area contributed by atoms with Gasteiger partial charge in [-0.1, -0.05) is 18.7 Å². The van der Waals surface area contributed by atoms with Crippen molar-refractivity contribution in [1.82, 2.24) is 9.55 Å². The van der Waals surface area contributed by atoms with E-state index in [0.29, 0.717) is 10.7 Å². The lowest BCUT2D eigenvalue weighted by molar-refractivity contribution is -0.133. The van der Waals surface area contributed by atoms with Crippen molar-refractivity contribution in [2.45, 2.75) is 31.5 Å². The maximum absolute atomic E-state index is 13.4. The van der Waals surface area contributed by atoms with E-state index in [9.17, 15) is 9.18 Å². The van der Waals surface area contributed by atoms with Crippen molar-refractivity contribution in [1.29, 1.82) is 0 Å². The Morgan fingerprint density at radius 3 is 2.95 bits per heavy atom. The number of imidazole rings is 1. The first-order chi connectivity index (χ1) is 9.47. The molecule has 0 unspecified atom stereocenters. The highest BCUT2D eigenvalue weighted by Crippen LogP contribution is 2.47. The number of benzene rings is 1. The van der Waals surface area contributed by atoms with E-state index < -0.39 is 5.97 Å². The molecule has 0 radical (unpaired) electrons. The lowest BCUT2D eigenvalue weighted by Crippen LogP contribution is -2.10. The third-order valence-electron chi connectivity index (χ3n) is 3.64. The number of fused-ring (bicyclic) bond motifs is 1. The summed E-state index contributed by atoms with van der Waals surface area (Å²) in [7, 11) is 0. The molecule has 0 amide bonds. The average molecular weight is 294 g/mol. The number of aliphatic carboxylic acids is 1. The summed E-state index contributed by atoms with van der Waals surface area (Å²) >= 11 is 1.19. The first-order valence-corrected chi connectivity index (χ1v) is 7.46. The first kappa shape index (κ1) is 13.4. The highest BCUT2D eigenvalue weighted by Gasteiger charge is 2.38. The molecule has 1 saturated carbocycles. The maximum Gasteiger partial charge on any atom is 0.313 e.